The molecule has 1 unspecified atom stereocenters. The van der Waals surface area contributed by atoms with E-state index in [0.29, 0.717) is 0 Å². The topological polar surface area (TPSA) is 0 Å². The van der Waals surface area contributed by atoms with Gasteiger partial charge in [-0.2, -0.15) is 0 Å². The number of hydrogen-bond acceptors (Lipinski definition) is 0. The highest BCUT2D eigenvalue weighted by Gasteiger charge is 2.02. The van der Waals surface area contributed by atoms with Crippen LogP contribution in [0.15, 0.2) is 30.3 Å². The van der Waals surface area contributed by atoms with Gasteiger partial charge in [-0.3, -0.25) is 0 Å². The Kier molecular flexibility index (Phi) is 15.0. The normalized spacial score (nSPS) is 15.0. The van der Waals surface area contributed by atoms with Gasteiger partial charge in [0.05, 0.1) is 0 Å². The fraction of sp³-hybridized carbons (Fsp3) is 0.714. The average Bonchev–Trinajstić information content (AvgIpc) is 2.56. The van der Waals surface area contributed by atoms with Crippen LogP contribution in [0.2, 0.25) is 0 Å². The van der Waals surface area contributed by atoms with Gasteiger partial charge in [-0.15, -0.1) is 0 Å². The second-order valence-electron chi connectivity index (χ2n) is 6.28. The van der Waals surface area contributed by atoms with Crippen LogP contribution >= 0.6 is 0 Å². The Labute approximate surface area is 134 Å². The monoisotopic (exact) mass is 290 g/mol. The molecule has 0 amide bonds. The van der Waals surface area contributed by atoms with Crippen LogP contribution in [-0.2, 0) is 0 Å². The summed E-state index contributed by atoms with van der Waals surface area (Å²) in [6.07, 6.45) is 14.2. The van der Waals surface area contributed by atoms with Crippen molar-refractivity contribution in [2.75, 3.05) is 0 Å². The molecule has 0 aromatic heterocycles. The van der Waals surface area contributed by atoms with Gasteiger partial charge in [0.15, 0.2) is 0 Å². The summed E-state index contributed by atoms with van der Waals surface area (Å²) in [6.45, 7) is 8.81. The zero-order valence-corrected chi connectivity index (χ0v) is 15.0. The first kappa shape index (κ1) is 20.2. The minimum atomic E-state index is 0.728. The van der Waals surface area contributed by atoms with E-state index in [1.807, 2.05) is 0 Å². The maximum absolute atomic E-state index is 2.31. The molecule has 1 aliphatic rings. The number of hydrogen-bond donors (Lipinski definition) is 0. The smallest absolute Gasteiger partial charge is 0.0190 e. The maximum atomic E-state index is 2.31. The summed E-state index contributed by atoms with van der Waals surface area (Å²) in [5, 5.41) is 0. The summed E-state index contributed by atoms with van der Waals surface area (Å²) in [4.78, 5) is 0. The molecule has 0 saturated heterocycles. The van der Waals surface area contributed by atoms with Crippen molar-refractivity contribution < 1.29 is 0 Å². The van der Waals surface area contributed by atoms with Gasteiger partial charge in [0, 0.05) is 0 Å². The highest BCUT2D eigenvalue weighted by atomic mass is 14.1. The second-order valence-corrected chi connectivity index (χ2v) is 6.28. The third kappa shape index (κ3) is 12.7. The van der Waals surface area contributed by atoms with Gasteiger partial charge >= 0.3 is 0 Å². The van der Waals surface area contributed by atoms with Gasteiger partial charge in [0.1, 0.15) is 0 Å². The molecule has 2 rings (SSSR count). The minimum Gasteiger partial charge on any atom is -0.0656 e. The van der Waals surface area contributed by atoms with Crippen LogP contribution in [0, 0.1) is 0 Å². The van der Waals surface area contributed by atoms with Crippen molar-refractivity contribution in [1.82, 2.24) is 0 Å². The van der Waals surface area contributed by atoms with Crippen LogP contribution in [0.3, 0.4) is 0 Å². The summed E-state index contributed by atoms with van der Waals surface area (Å²) in [6, 6.07) is 10.8. The van der Waals surface area contributed by atoms with Gasteiger partial charge in [0.25, 0.3) is 0 Å². The first-order valence-corrected chi connectivity index (χ1v) is 9.31. The van der Waals surface area contributed by atoms with E-state index in [4.69, 9.17) is 0 Å². The number of rotatable bonds is 4. The first-order valence-electron chi connectivity index (χ1n) is 9.31. The molecule has 122 valence electrons. The zero-order valence-electron chi connectivity index (χ0n) is 15.0. The Morgan fingerprint density at radius 2 is 1.24 bits per heavy atom. The molecule has 0 N–H and O–H groups in total. The van der Waals surface area contributed by atoms with E-state index < -0.39 is 0 Å². The van der Waals surface area contributed by atoms with Gasteiger partial charge in [0.2, 0.25) is 0 Å². The van der Waals surface area contributed by atoms with E-state index in [1.165, 1.54) is 69.8 Å². The van der Waals surface area contributed by atoms with Crippen LogP contribution in [0.5, 0.6) is 0 Å². The molecular weight excluding hydrogens is 252 g/mol. The van der Waals surface area contributed by atoms with Crippen molar-refractivity contribution in [3.05, 3.63) is 35.9 Å². The lowest BCUT2D eigenvalue weighted by Crippen LogP contribution is -1.92. The van der Waals surface area contributed by atoms with Crippen molar-refractivity contribution in [1.29, 1.82) is 0 Å². The molecule has 0 bridgehead atoms. The predicted octanol–water partition coefficient (Wildman–Crippen LogP) is 7.74. The van der Waals surface area contributed by atoms with Gasteiger partial charge in [-0.25, -0.2) is 0 Å². The Morgan fingerprint density at radius 3 is 1.62 bits per heavy atom. The Morgan fingerprint density at radius 1 is 0.810 bits per heavy atom. The van der Waals surface area contributed by atoms with E-state index >= 15 is 0 Å². The van der Waals surface area contributed by atoms with E-state index in [9.17, 15) is 0 Å². The highest BCUT2D eigenvalue weighted by molar-refractivity contribution is 5.18. The first-order chi connectivity index (χ1) is 10.3. The van der Waals surface area contributed by atoms with Crippen molar-refractivity contribution in [3.63, 3.8) is 0 Å². The van der Waals surface area contributed by atoms with Gasteiger partial charge in [-0.05, 0) is 17.9 Å². The highest BCUT2D eigenvalue weighted by Crippen LogP contribution is 2.20. The molecule has 1 aromatic rings. The van der Waals surface area contributed by atoms with E-state index in [-0.39, 0.29) is 0 Å². The maximum Gasteiger partial charge on any atom is -0.0190 e. The van der Waals surface area contributed by atoms with E-state index in [2.05, 4.69) is 58.0 Å². The quantitative estimate of drug-likeness (QED) is 0.532. The van der Waals surface area contributed by atoms with Crippen molar-refractivity contribution in [3.8, 4) is 0 Å². The summed E-state index contributed by atoms with van der Waals surface area (Å²) < 4.78 is 0. The Hall–Kier alpha value is -0.780. The third-order valence-electron chi connectivity index (χ3n) is 3.86. The van der Waals surface area contributed by atoms with Gasteiger partial charge < -0.3 is 0 Å². The molecular formula is C21H38. The lowest BCUT2D eigenvalue weighted by Gasteiger charge is -2.10. The van der Waals surface area contributed by atoms with E-state index in [1.54, 1.807) is 0 Å². The fourth-order valence-electron chi connectivity index (χ4n) is 2.52. The van der Waals surface area contributed by atoms with Crippen molar-refractivity contribution in [2.45, 2.75) is 97.8 Å². The molecule has 0 spiro atoms. The van der Waals surface area contributed by atoms with Crippen molar-refractivity contribution >= 4 is 0 Å². The molecule has 0 radical (unpaired) electrons. The SMILES string of the molecule is C1CCCCC1.CCC.CCCCC(C)c1ccccc1. The van der Waals surface area contributed by atoms with Crippen molar-refractivity contribution in [2.24, 2.45) is 0 Å². The molecule has 0 heteroatoms. The molecule has 21 heavy (non-hydrogen) atoms. The molecule has 1 aliphatic carbocycles. The average molecular weight is 291 g/mol. The number of unbranched alkanes of at least 4 members (excludes halogenated alkanes) is 1. The molecule has 0 heterocycles. The second kappa shape index (κ2) is 15.6. The lowest BCUT2D eigenvalue weighted by atomic mass is 9.96. The molecule has 1 fully saturated rings. The molecule has 1 aromatic carbocycles. The summed E-state index contributed by atoms with van der Waals surface area (Å²) in [5.41, 5.74) is 1.48. The lowest BCUT2D eigenvalue weighted by molar-refractivity contribution is 0.504. The molecule has 1 saturated carbocycles. The standard InChI is InChI=1S/C12H18.C6H12.C3H8/c1-3-4-8-11(2)12-9-6-5-7-10-12;1-2-4-6-5-3-1;1-3-2/h5-7,9-11H,3-4,8H2,1-2H3;1-6H2;3H2,1-2H3. The van der Waals surface area contributed by atoms with Gasteiger partial charge in [-0.1, -0.05) is 116 Å². The Balaban J connectivity index is 0.000000369. The molecule has 1 atom stereocenters. The molecule has 0 aliphatic heterocycles. The van der Waals surface area contributed by atoms with Crippen LogP contribution in [-0.4, -0.2) is 0 Å². The number of benzene rings is 1. The predicted molar refractivity (Wildman–Crippen MR) is 98.0 cm³/mol. The third-order valence-corrected chi connectivity index (χ3v) is 3.86. The van der Waals surface area contributed by atoms with Crippen LogP contribution in [0.1, 0.15) is 103 Å². The van der Waals surface area contributed by atoms with Crippen LogP contribution < -0.4 is 0 Å². The summed E-state index contributed by atoms with van der Waals surface area (Å²) in [7, 11) is 0. The van der Waals surface area contributed by atoms with Crippen LogP contribution in [0.25, 0.3) is 0 Å². The minimum absolute atomic E-state index is 0.728. The van der Waals surface area contributed by atoms with E-state index in [0.717, 1.165) is 5.92 Å². The Bertz CT molecular complexity index is 273. The van der Waals surface area contributed by atoms with Crippen LogP contribution in [0.4, 0.5) is 0 Å². The summed E-state index contributed by atoms with van der Waals surface area (Å²) >= 11 is 0. The fourth-order valence-corrected chi connectivity index (χ4v) is 2.52. The molecule has 0 nitrogen and oxygen atoms in total. The summed E-state index contributed by atoms with van der Waals surface area (Å²) in [5.74, 6) is 0.728. The largest absolute Gasteiger partial charge is 0.0656 e. The zero-order chi connectivity index (χ0) is 15.8.